The number of fused-ring (bicyclic) bond motifs is 1. The van der Waals surface area contributed by atoms with Gasteiger partial charge in [-0.1, -0.05) is 35.9 Å². The van der Waals surface area contributed by atoms with Crippen LogP contribution in [0, 0.1) is 13.8 Å². The quantitative estimate of drug-likeness (QED) is 0.549. The summed E-state index contributed by atoms with van der Waals surface area (Å²) in [6.07, 6.45) is 5.43. The number of hydrogen-bond acceptors (Lipinski definition) is 3. The fraction of sp³-hybridized carbons (Fsp3) is 0.227. The summed E-state index contributed by atoms with van der Waals surface area (Å²) in [4.78, 5) is 23.5. The molecular weight excluding hydrogens is 350 g/mol. The first-order valence-electron chi connectivity index (χ1n) is 9.20. The van der Waals surface area contributed by atoms with Gasteiger partial charge in [-0.2, -0.15) is 0 Å². The Morgan fingerprint density at radius 2 is 1.75 bits per heavy atom. The van der Waals surface area contributed by atoms with Crippen LogP contribution in [0.2, 0.25) is 0 Å². The van der Waals surface area contributed by atoms with Crippen LogP contribution in [0.25, 0.3) is 16.9 Å². The first kappa shape index (κ1) is 18.0. The number of carbonyl (C=O) groups is 1. The molecule has 0 aliphatic rings. The maximum absolute atomic E-state index is 12.8. The molecule has 142 valence electrons. The average Bonchev–Trinajstić information content (AvgIpc) is 3.26. The summed E-state index contributed by atoms with van der Waals surface area (Å²) >= 11 is 0. The zero-order valence-electron chi connectivity index (χ0n) is 16.5. The molecule has 1 amide bonds. The Morgan fingerprint density at radius 3 is 2.43 bits per heavy atom. The van der Waals surface area contributed by atoms with Gasteiger partial charge >= 0.3 is 0 Å². The van der Waals surface area contributed by atoms with E-state index in [1.165, 1.54) is 5.56 Å². The van der Waals surface area contributed by atoms with Crippen LogP contribution in [0.5, 0.6) is 0 Å². The SMILES string of the molecule is Cc1ccc(-c2nc3ccc(C)cn3c2CN(C)C(=O)c2cn(C)cn2)cc1. The van der Waals surface area contributed by atoms with Crippen molar-refractivity contribution in [2.24, 2.45) is 7.05 Å². The van der Waals surface area contributed by atoms with E-state index in [0.29, 0.717) is 12.2 Å². The van der Waals surface area contributed by atoms with Crippen molar-refractivity contribution in [1.82, 2.24) is 23.8 Å². The molecule has 0 radical (unpaired) electrons. The lowest BCUT2D eigenvalue weighted by Gasteiger charge is -2.17. The predicted octanol–water partition coefficient (Wildman–Crippen LogP) is 3.62. The number of hydrogen-bond donors (Lipinski definition) is 0. The molecule has 0 aliphatic carbocycles. The summed E-state index contributed by atoms with van der Waals surface area (Å²) in [6, 6.07) is 12.4. The average molecular weight is 373 g/mol. The van der Waals surface area contributed by atoms with Crippen molar-refractivity contribution < 1.29 is 4.79 Å². The molecule has 0 bridgehead atoms. The van der Waals surface area contributed by atoms with Crippen molar-refractivity contribution in [2.45, 2.75) is 20.4 Å². The van der Waals surface area contributed by atoms with Gasteiger partial charge in [-0.05, 0) is 25.5 Å². The first-order valence-corrected chi connectivity index (χ1v) is 9.20. The van der Waals surface area contributed by atoms with Gasteiger partial charge in [0.15, 0.2) is 0 Å². The Morgan fingerprint density at radius 1 is 1.04 bits per heavy atom. The summed E-state index contributed by atoms with van der Waals surface area (Å²) < 4.78 is 3.85. The molecular formula is C22H23N5O. The summed E-state index contributed by atoms with van der Waals surface area (Å²) in [5.41, 5.74) is 6.57. The Hall–Kier alpha value is -3.41. The number of aromatic nitrogens is 4. The maximum atomic E-state index is 12.8. The van der Waals surface area contributed by atoms with Crippen LogP contribution < -0.4 is 0 Å². The molecule has 0 N–H and O–H groups in total. The van der Waals surface area contributed by atoms with Crippen molar-refractivity contribution in [3.63, 3.8) is 0 Å². The van der Waals surface area contributed by atoms with Gasteiger partial charge in [0.1, 0.15) is 11.3 Å². The molecule has 0 aliphatic heterocycles. The highest BCUT2D eigenvalue weighted by Crippen LogP contribution is 2.26. The maximum Gasteiger partial charge on any atom is 0.274 e. The second kappa shape index (κ2) is 6.96. The van der Waals surface area contributed by atoms with Crippen LogP contribution in [-0.2, 0) is 13.6 Å². The number of aryl methyl sites for hydroxylation is 3. The number of carbonyl (C=O) groups excluding carboxylic acids is 1. The van der Waals surface area contributed by atoms with Crippen LogP contribution in [0.4, 0.5) is 0 Å². The largest absolute Gasteiger partial charge is 0.340 e. The number of amides is 1. The summed E-state index contributed by atoms with van der Waals surface area (Å²) in [5, 5.41) is 0. The molecule has 6 nitrogen and oxygen atoms in total. The molecule has 1 aromatic carbocycles. The van der Waals surface area contributed by atoms with Crippen LogP contribution in [0.15, 0.2) is 55.1 Å². The Balaban J connectivity index is 1.77. The predicted molar refractivity (Wildman–Crippen MR) is 109 cm³/mol. The molecule has 6 heteroatoms. The number of nitrogens with zero attached hydrogens (tertiary/aromatic N) is 5. The van der Waals surface area contributed by atoms with Crippen LogP contribution in [0.3, 0.4) is 0 Å². The van der Waals surface area contributed by atoms with Gasteiger partial charge in [0.05, 0.1) is 24.3 Å². The number of benzene rings is 1. The van der Waals surface area contributed by atoms with Crippen LogP contribution in [0.1, 0.15) is 27.3 Å². The Kier molecular flexibility index (Phi) is 4.47. The Labute approximate surface area is 164 Å². The summed E-state index contributed by atoms with van der Waals surface area (Å²) in [5.74, 6) is -0.113. The Bertz CT molecular complexity index is 1150. The second-order valence-corrected chi connectivity index (χ2v) is 7.29. The van der Waals surface area contributed by atoms with E-state index in [-0.39, 0.29) is 5.91 Å². The van der Waals surface area contributed by atoms with Crippen LogP contribution in [-0.4, -0.2) is 36.8 Å². The van der Waals surface area contributed by atoms with E-state index in [2.05, 4.69) is 53.7 Å². The lowest BCUT2D eigenvalue weighted by atomic mass is 10.1. The minimum atomic E-state index is -0.113. The molecule has 28 heavy (non-hydrogen) atoms. The van der Waals surface area contributed by atoms with Crippen molar-refractivity contribution >= 4 is 11.6 Å². The molecule has 0 spiro atoms. The topological polar surface area (TPSA) is 55.4 Å². The van der Waals surface area contributed by atoms with Crippen molar-refractivity contribution in [3.8, 4) is 11.3 Å². The normalized spacial score (nSPS) is 11.1. The lowest BCUT2D eigenvalue weighted by Crippen LogP contribution is -2.27. The third-order valence-corrected chi connectivity index (χ3v) is 4.85. The van der Waals surface area contributed by atoms with E-state index in [1.807, 2.05) is 19.2 Å². The van der Waals surface area contributed by atoms with Gasteiger partial charge < -0.3 is 13.9 Å². The highest BCUT2D eigenvalue weighted by atomic mass is 16.2. The zero-order chi connectivity index (χ0) is 19.8. The van der Waals surface area contributed by atoms with E-state index in [1.54, 1.807) is 29.0 Å². The molecule has 0 atom stereocenters. The van der Waals surface area contributed by atoms with Gasteiger partial charge in [-0.3, -0.25) is 4.79 Å². The molecule has 0 saturated heterocycles. The van der Waals surface area contributed by atoms with Gasteiger partial charge in [-0.25, -0.2) is 9.97 Å². The van der Waals surface area contributed by atoms with Crippen molar-refractivity contribution in [1.29, 1.82) is 0 Å². The minimum absolute atomic E-state index is 0.113. The summed E-state index contributed by atoms with van der Waals surface area (Å²) in [7, 11) is 3.65. The smallest absolute Gasteiger partial charge is 0.274 e. The van der Waals surface area contributed by atoms with Gasteiger partial charge in [-0.15, -0.1) is 0 Å². The third-order valence-electron chi connectivity index (χ3n) is 4.85. The third kappa shape index (κ3) is 3.29. The van der Waals surface area contributed by atoms with Gasteiger partial charge in [0.25, 0.3) is 5.91 Å². The highest BCUT2D eigenvalue weighted by molar-refractivity contribution is 5.92. The van der Waals surface area contributed by atoms with E-state index < -0.39 is 0 Å². The van der Waals surface area contributed by atoms with Gasteiger partial charge in [0, 0.05) is 32.1 Å². The van der Waals surface area contributed by atoms with Crippen molar-refractivity contribution in [2.75, 3.05) is 7.05 Å². The van der Waals surface area contributed by atoms with Gasteiger partial charge in [0.2, 0.25) is 0 Å². The monoisotopic (exact) mass is 373 g/mol. The van der Waals surface area contributed by atoms with Crippen molar-refractivity contribution in [3.05, 3.63) is 77.6 Å². The van der Waals surface area contributed by atoms with E-state index in [9.17, 15) is 4.79 Å². The molecule has 0 saturated carbocycles. The lowest BCUT2D eigenvalue weighted by molar-refractivity contribution is 0.0778. The van der Waals surface area contributed by atoms with E-state index >= 15 is 0 Å². The summed E-state index contributed by atoms with van der Waals surface area (Å²) in [6.45, 7) is 4.55. The number of rotatable bonds is 4. The minimum Gasteiger partial charge on any atom is -0.340 e. The molecule has 0 unspecified atom stereocenters. The standard InChI is InChI=1S/C22H23N5O/c1-15-5-8-17(9-6-15)21-19(27-11-16(2)7-10-20(27)24-21)13-26(4)22(28)18-12-25(3)14-23-18/h5-12,14H,13H2,1-4H3. The molecule has 4 aromatic rings. The first-order chi connectivity index (χ1) is 13.4. The zero-order valence-corrected chi connectivity index (χ0v) is 16.5. The number of imidazole rings is 2. The van der Waals surface area contributed by atoms with E-state index in [0.717, 1.165) is 28.2 Å². The molecule has 3 aromatic heterocycles. The molecule has 4 rings (SSSR count). The molecule has 0 fully saturated rings. The highest BCUT2D eigenvalue weighted by Gasteiger charge is 2.20. The molecule has 3 heterocycles. The number of pyridine rings is 1. The van der Waals surface area contributed by atoms with Crippen LogP contribution >= 0.6 is 0 Å². The van der Waals surface area contributed by atoms with E-state index in [4.69, 9.17) is 4.98 Å². The fourth-order valence-electron chi connectivity index (χ4n) is 3.31. The second-order valence-electron chi connectivity index (χ2n) is 7.29. The fourth-order valence-corrected chi connectivity index (χ4v) is 3.31.